The summed E-state index contributed by atoms with van der Waals surface area (Å²) in [6.45, 7) is 2.27. The van der Waals surface area contributed by atoms with E-state index in [1.807, 2.05) is 0 Å². The minimum absolute atomic E-state index is 0.136. The van der Waals surface area contributed by atoms with E-state index in [4.69, 9.17) is 10.9 Å². The number of nitrogens with two attached hydrogens (primary N) is 1. The Morgan fingerprint density at radius 1 is 1.45 bits per heavy atom. The van der Waals surface area contributed by atoms with E-state index in [-0.39, 0.29) is 5.84 Å². The number of amidine groups is 1. The predicted octanol–water partition coefficient (Wildman–Crippen LogP) is 2.58. The van der Waals surface area contributed by atoms with Gasteiger partial charge in [-0.1, -0.05) is 18.5 Å². The van der Waals surface area contributed by atoms with Crippen molar-refractivity contribution in [2.45, 2.75) is 45.1 Å². The minimum Gasteiger partial charge on any atom is -0.409 e. The predicted molar refractivity (Wildman–Crippen MR) is 81.2 cm³/mol. The molecular formula is C15H24N4O. The standard InChI is InChI=1S/C15H24N4O/c1-3-11-4-6-12(7-5-11)19(2)14-10-17-9-8-13(14)15(16)18-20/h8-12,20H,3-7H2,1-2H3,(H2,16,18). The summed E-state index contributed by atoms with van der Waals surface area (Å²) in [6, 6.07) is 2.30. The molecule has 20 heavy (non-hydrogen) atoms. The smallest absolute Gasteiger partial charge is 0.172 e. The number of pyridine rings is 1. The summed E-state index contributed by atoms with van der Waals surface area (Å²) in [5.41, 5.74) is 7.42. The van der Waals surface area contributed by atoms with Crippen molar-refractivity contribution in [2.75, 3.05) is 11.9 Å². The Labute approximate surface area is 120 Å². The molecule has 1 aromatic rings. The SMILES string of the molecule is CCC1CCC(N(C)c2cnccc2/C(N)=N/O)CC1. The molecule has 0 saturated heterocycles. The minimum atomic E-state index is 0.136. The third-order valence-corrected chi connectivity index (χ3v) is 4.51. The zero-order valence-electron chi connectivity index (χ0n) is 12.3. The lowest BCUT2D eigenvalue weighted by molar-refractivity contribution is 0.313. The van der Waals surface area contributed by atoms with Crippen LogP contribution in [0.5, 0.6) is 0 Å². The number of nitrogens with zero attached hydrogens (tertiary/aromatic N) is 3. The van der Waals surface area contributed by atoms with E-state index in [1.54, 1.807) is 18.5 Å². The van der Waals surface area contributed by atoms with Gasteiger partial charge in [0.2, 0.25) is 0 Å². The third-order valence-electron chi connectivity index (χ3n) is 4.51. The summed E-state index contributed by atoms with van der Waals surface area (Å²) in [7, 11) is 2.07. The normalized spacial score (nSPS) is 23.6. The Morgan fingerprint density at radius 2 is 2.15 bits per heavy atom. The molecule has 0 atom stereocenters. The van der Waals surface area contributed by atoms with E-state index in [0.29, 0.717) is 6.04 Å². The molecule has 0 aliphatic heterocycles. The second-order valence-electron chi connectivity index (χ2n) is 5.57. The van der Waals surface area contributed by atoms with E-state index >= 15 is 0 Å². The Morgan fingerprint density at radius 3 is 2.75 bits per heavy atom. The molecule has 5 nitrogen and oxygen atoms in total. The first-order valence-corrected chi connectivity index (χ1v) is 7.32. The van der Waals surface area contributed by atoms with Gasteiger partial charge in [0.1, 0.15) is 0 Å². The molecule has 3 N–H and O–H groups in total. The maximum Gasteiger partial charge on any atom is 0.172 e. The lowest BCUT2D eigenvalue weighted by Gasteiger charge is -2.36. The zero-order valence-corrected chi connectivity index (χ0v) is 12.3. The highest BCUT2D eigenvalue weighted by atomic mass is 16.4. The summed E-state index contributed by atoms with van der Waals surface area (Å²) in [6.07, 6.45) is 9.69. The molecule has 1 saturated carbocycles. The van der Waals surface area contributed by atoms with Gasteiger partial charge in [-0.05, 0) is 37.7 Å². The third kappa shape index (κ3) is 3.03. The van der Waals surface area contributed by atoms with Gasteiger partial charge in [-0.15, -0.1) is 0 Å². The van der Waals surface area contributed by atoms with Gasteiger partial charge < -0.3 is 15.8 Å². The highest BCUT2D eigenvalue weighted by Gasteiger charge is 2.25. The van der Waals surface area contributed by atoms with Gasteiger partial charge in [-0.25, -0.2) is 0 Å². The Kier molecular flexibility index (Phi) is 4.82. The van der Waals surface area contributed by atoms with Crippen molar-refractivity contribution in [1.82, 2.24) is 4.98 Å². The lowest BCUT2D eigenvalue weighted by atomic mass is 9.84. The topological polar surface area (TPSA) is 74.7 Å². The second kappa shape index (κ2) is 6.59. The molecule has 0 aromatic carbocycles. The quantitative estimate of drug-likeness (QED) is 0.383. The molecule has 1 aromatic heterocycles. The number of aromatic nitrogens is 1. The Bertz CT molecular complexity index is 467. The molecule has 1 aliphatic carbocycles. The van der Waals surface area contributed by atoms with Crippen molar-refractivity contribution in [2.24, 2.45) is 16.8 Å². The molecule has 0 amide bonds. The second-order valence-corrected chi connectivity index (χ2v) is 5.57. The zero-order chi connectivity index (χ0) is 14.5. The molecule has 110 valence electrons. The average Bonchev–Trinajstić information content (AvgIpc) is 2.53. The van der Waals surface area contributed by atoms with Crippen LogP contribution in [0.3, 0.4) is 0 Å². The summed E-state index contributed by atoms with van der Waals surface area (Å²) in [5, 5.41) is 12.0. The maximum absolute atomic E-state index is 8.90. The first-order chi connectivity index (χ1) is 9.67. The van der Waals surface area contributed by atoms with Crippen molar-refractivity contribution in [3.63, 3.8) is 0 Å². The van der Waals surface area contributed by atoms with Crippen LogP contribution >= 0.6 is 0 Å². The van der Waals surface area contributed by atoms with Crippen LogP contribution in [0.4, 0.5) is 5.69 Å². The van der Waals surface area contributed by atoms with E-state index in [2.05, 4.69) is 29.0 Å². The van der Waals surface area contributed by atoms with Crippen LogP contribution in [0.15, 0.2) is 23.6 Å². The lowest BCUT2D eigenvalue weighted by Crippen LogP contribution is -2.36. The van der Waals surface area contributed by atoms with Crippen LogP contribution < -0.4 is 10.6 Å². The van der Waals surface area contributed by atoms with Gasteiger partial charge in [0.15, 0.2) is 5.84 Å². The number of rotatable bonds is 4. The number of oxime groups is 1. The Balaban J connectivity index is 2.15. The Hall–Kier alpha value is -1.78. The molecule has 1 aliphatic rings. The molecule has 1 heterocycles. The molecular weight excluding hydrogens is 252 g/mol. The van der Waals surface area contributed by atoms with Gasteiger partial charge in [0.25, 0.3) is 0 Å². The highest BCUT2D eigenvalue weighted by Crippen LogP contribution is 2.32. The number of hydrogen-bond donors (Lipinski definition) is 2. The summed E-state index contributed by atoms with van der Waals surface area (Å²) in [5.74, 6) is 1.01. The molecule has 2 rings (SSSR count). The van der Waals surface area contributed by atoms with Crippen molar-refractivity contribution >= 4 is 11.5 Å². The van der Waals surface area contributed by atoms with Crippen molar-refractivity contribution in [3.8, 4) is 0 Å². The van der Waals surface area contributed by atoms with E-state index in [0.717, 1.165) is 17.2 Å². The monoisotopic (exact) mass is 276 g/mol. The maximum atomic E-state index is 8.90. The van der Waals surface area contributed by atoms with Gasteiger partial charge in [0.05, 0.1) is 11.9 Å². The van der Waals surface area contributed by atoms with Crippen LogP contribution in [0.25, 0.3) is 0 Å². The number of hydrogen-bond acceptors (Lipinski definition) is 4. The van der Waals surface area contributed by atoms with Crippen LogP contribution in [0.2, 0.25) is 0 Å². The largest absolute Gasteiger partial charge is 0.409 e. The number of anilines is 1. The van der Waals surface area contributed by atoms with Gasteiger partial charge in [-0.3, -0.25) is 4.98 Å². The van der Waals surface area contributed by atoms with Gasteiger partial charge in [0, 0.05) is 24.8 Å². The van der Waals surface area contributed by atoms with Crippen LogP contribution in [0.1, 0.15) is 44.6 Å². The van der Waals surface area contributed by atoms with Crippen molar-refractivity contribution < 1.29 is 5.21 Å². The van der Waals surface area contributed by atoms with Gasteiger partial charge >= 0.3 is 0 Å². The fraction of sp³-hybridized carbons (Fsp3) is 0.600. The van der Waals surface area contributed by atoms with E-state index in [1.165, 1.54) is 32.1 Å². The highest BCUT2D eigenvalue weighted by molar-refractivity contribution is 6.02. The van der Waals surface area contributed by atoms with Crippen LogP contribution in [-0.2, 0) is 0 Å². The first-order valence-electron chi connectivity index (χ1n) is 7.32. The summed E-state index contributed by atoms with van der Waals surface area (Å²) >= 11 is 0. The molecule has 1 fully saturated rings. The molecule has 5 heteroatoms. The fourth-order valence-electron chi connectivity index (χ4n) is 3.07. The van der Waals surface area contributed by atoms with E-state index < -0.39 is 0 Å². The van der Waals surface area contributed by atoms with Crippen molar-refractivity contribution in [3.05, 3.63) is 24.0 Å². The van der Waals surface area contributed by atoms with Crippen LogP contribution in [-0.4, -0.2) is 29.1 Å². The molecule has 0 spiro atoms. The first kappa shape index (κ1) is 14.6. The molecule has 0 unspecified atom stereocenters. The molecule has 0 bridgehead atoms. The fourth-order valence-corrected chi connectivity index (χ4v) is 3.07. The average molecular weight is 276 g/mol. The van der Waals surface area contributed by atoms with Gasteiger partial charge in [-0.2, -0.15) is 0 Å². The summed E-state index contributed by atoms with van der Waals surface area (Å²) in [4.78, 5) is 6.40. The van der Waals surface area contributed by atoms with Crippen LogP contribution in [0, 0.1) is 5.92 Å². The van der Waals surface area contributed by atoms with Crippen molar-refractivity contribution in [1.29, 1.82) is 0 Å². The molecule has 0 radical (unpaired) electrons. The summed E-state index contributed by atoms with van der Waals surface area (Å²) < 4.78 is 0. The van der Waals surface area contributed by atoms with E-state index in [9.17, 15) is 0 Å².